The molecule has 1 saturated heterocycles. The van der Waals surface area contributed by atoms with E-state index in [0.717, 1.165) is 0 Å². The molecule has 1 rings (SSSR count). The molecular weight excluding hydrogens is 216 g/mol. The number of carbonyl (C=O) groups is 1. The standard InChI is InChI=1S/C9H18N2O3S/c1-7(10)5-8(12)11-9(2)3-4-15(13,14)6-9/h7H,3-6,10H2,1-2H3,(H,11,12). The van der Waals surface area contributed by atoms with Gasteiger partial charge in [-0.2, -0.15) is 0 Å². The van der Waals surface area contributed by atoms with Crippen LogP contribution in [0.3, 0.4) is 0 Å². The van der Waals surface area contributed by atoms with Gasteiger partial charge < -0.3 is 11.1 Å². The first-order valence-electron chi connectivity index (χ1n) is 4.99. The molecule has 0 spiro atoms. The summed E-state index contributed by atoms with van der Waals surface area (Å²) in [5.74, 6) is 0.0109. The number of amides is 1. The molecule has 0 aliphatic carbocycles. The first kappa shape index (κ1) is 12.4. The lowest BCUT2D eigenvalue weighted by Gasteiger charge is -2.24. The fourth-order valence-corrected chi connectivity index (χ4v) is 3.88. The smallest absolute Gasteiger partial charge is 0.221 e. The molecule has 0 radical (unpaired) electrons. The van der Waals surface area contributed by atoms with Gasteiger partial charge in [0.25, 0.3) is 0 Å². The molecule has 1 fully saturated rings. The van der Waals surface area contributed by atoms with E-state index in [1.165, 1.54) is 0 Å². The SMILES string of the molecule is CC(N)CC(=O)NC1(C)CCS(=O)(=O)C1. The Morgan fingerprint density at radius 3 is 2.60 bits per heavy atom. The largest absolute Gasteiger partial charge is 0.350 e. The lowest BCUT2D eigenvalue weighted by molar-refractivity contribution is -0.122. The van der Waals surface area contributed by atoms with Gasteiger partial charge in [-0.05, 0) is 20.3 Å². The second kappa shape index (κ2) is 4.09. The maximum atomic E-state index is 11.4. The molecule has 2 atom stereocenters. The molecule has 88 valence electrons. The van der Waals surface area contributed by atoms with Crippen LogP contribution in [0.25, 0.3) is 0 Å². The third-order valence-corrected chi connectivity index (χ3v) is 4.35. The van der Waals surface area contributed by atoms with Gasteiger partial charge in [0, 0.05) is 12.5 Å². The maximum Gasteiger partial charge on any atom is 0.221 e. The van der Waals surface area contributed by atoms with E-state index in [2.05, 4.69) is 5.32 Å². The Balaban J connectivity index is 2.55. The zero-order chi connectivity index (χ0) is 11.7. The molecule has 0 aromatic carbocycles. The molecule has 15 heavy (non-hydrogen) atoms. The van der Waals surface area contributed by atoms with Gasteiger partial charge in [-0.25, -0.2) is 8.42 Å². The molecular formula is C9H18N2O3S. The van der Waals surface area contributed by atoms with Gasteiger partial charge in [0.2, 0.25) is 5.91 Å². The Kier molecular flexibility index (Phi) is 3.40. The van der Waals surface area contributed by atoms with Gasteiger partial charge >= 0.3 is 0 Å². The summed E-state index contributed by atoms with van der Waals surface area (Å²) in [6.07, 6.45) is 0.718. The number of rotatable bonds is 3. The van der Waals surface area contributed by atoms with E-state index in [4.69, 9.17) is 5.73 Å². The molecule has 6 heteroatoms. The highest BCUT2D eigenvalue weighted by Gasteiger charge is 2.39. The fourth-order valence-electron chi connectivity index (χ4n) is 1.79. The average Bonchev–Trinajstić information content (AvgIpc) is 2.22. The summed E-state index contributed by atoms with van der Waals surface area (Å²) in [7, 11) is -2.97. The number of sulfone groups is 1. The van der Waals surface area contributed by atoms with Crippen molar-refractivity contribution in [1.29, 1.82) is 0 Å². The van der Waals surface area contributed by atoms with E-state index in [1.54, 1.807) is 13.8 Å². The van der Waals surface area contributed by atoms with Crippen molar-refractivity contribution in [3.8, 4) is 0 Å². The van der Waals surface area contributed by atoms with Gasteiger partial charge in [0.15, 0.2) is 9.84 Å². The molecule has 1 amide bonds. The summed E-state index contributed by atoms with van der Waals surface area (Å²) in [6.45, 7) is 3.50. The lowest BCUT2D eigenvalue weighted by atomic mass is 10.0. The molecule has 0 saturated carbocycles. The third kappa shape index (κ3) is 3.79. The summed E-state index contributed by atoms with van der Waals surface area (Å²) in [4.78, 5) is 11.4. The quantitative estimate of drug-likeness (QED) is 0.683. The minimum Gasteiger partial charge on any atom is -0.350 e. The highest BCUT2D eigenvalue weighted by molar-refractivity contribution is 7.91. The normalized spacial score (nSPS) is 31.1. The summed E-state index contributed by atoms with van der Waals surface area (Å²) in [6, 6.07) is -0.202. The average molecular weight is 234 g/mol. The molecule has 3 N–H and O–H groups in total. The Morgan fingerprint density at radius 2 is 2.20 bits per heavy atom. The zero-order valence-electron chi connectivity index (χ0n) is 9.12. The molecule has 0 bridgehead atoms. The topological polar surface area (TPSA) is 89.3 Å². The van der Waals surface area contributed by atoms with Gasteiger partial charge in [-0.1, -0.05) is 0 Å². The van der Waals surface area contributed by atoms with E-state index in [9.17, 15) is 13.2 Å². The Hall–Kier alpha value is -0.620. The number of hydrogen-bond acceptors (Lipinski definition) is 4. The van der Waals surface area contributed by atoms with Gasteiger partial charge in [-0.3, -0.25) is 4.79 Å². The van der Waals surface area contributed by atoms with Crippen LogP contribution in [0, 0.1) is 0 Å². The fraction of sp³-hybridized carbons (Fsp3) is 0.889. The van der Waals surface area contributed by atoms with Crippen LogP contribution in [0.5, 0.6) is 0 Å². The lowest BCUT2D eigenvalue weighted by Crippen LogP contribution is -2.48. The monoisotopic (exact) mass is 234 g/mol. The number of nitrogens with one attached hydrogen (secondary N) is 1. The van der Waals surface area contributed by atoms with Crippen molar-refractivity contribution in [1.82, 2.24) is 5.32 Å². The third-order valence-electron chi connectivity index (χ3n) is 2.45. The Bertz CT molecular complexity index is 350. The predicted octanol–water partition coefficient (Wildman–Crippen LogP) is -0.583. The van der Waals surface area contributed by atoms with E-state index >= 15 is 0 Å². The van der Waals surface area contributed by atoms with Crippen LogP contribution < -0.4 is 11.1 Å². The van der Waals surface area contributed by atoms with Crippen LogP contribution >= 0.6 is 0 Å². The summed E-state index contributed by atoms with van der Waals surface area (Å²) >= 11 is 0. The van der Waals surface area contributed by atoms with Gasteiger partial charge in [0.05, 0.1) is 17.0 Å². The van der Waals surface area contributed by atoms with Crippen LogP contribution in [-0.4, -0.2) is 37.4 Å². The van der Waals surface area contributed by atoms with E-state index in [-0.39, 0.29) is 29.9 Å². The van der Waals surface area contributed by atoms with Crippen molar-refractivity contribution in [2.75, 3.05) is 11.5 Å². The highest BCUT2D eigenvalue weighted by Crippen LogP contribution is 2.22. The van der Waals surface area contributed by atoms with Crippen LogP contribution in [0.2, 0.25) is 0 Å². The first-order chi connectivity index (χ1) is 6.72. The minimum atomic E-state index is -2.97. The maximum absolute atomic E-state index is 11.4. The van der Waals surface area contributed by atoms with Crippen molar-refractivity contribution >= 4 is 15.7 Å². The molecule has 0 aromatic rings. The van der Waals surface area contributed by atoms with E-state index < -0.39 is 15.4 Å². The summed E-state index contributed by atoms with van der Waals surface area (Å²) in [5, 5.41) is 2.74. The second-order valence-corrected chi connectivity index (χ2v) is 6.82. The van der Waals surface area contributed by atoms with Crippen LogP contribution in [0.1, 0.15) is 26.7 Å². The number of nitrogens with two attached hydrogens (primary N) is 1. The summed E-state index contributed by atoms with van der Waals surface area (Å²) < 4.78 is 22.5. The highest BCUT2D eigenvalue weighted by atomic mass is 32.2. The van der Waals surface area contributed by atoms with Crippen LogP contribution in [0.15, 0.2) is 0 Å². The zero-order valence-corrected chi connectivity index (χ0v) is 9.93. The van der Waals surface area contributed by atoms with Crippen molar-refractivity contribution in [3.63, 3.8) is 0 Å². The minimum absolute atomic E-state index is 0.0324. The predicted molar refractivity (Wildman–Crippen MR) is 58.1 cm³/mol. The molecule has 1 aliphatic heterocycles. The van der Waals surface area contributed by atoms with Crippen molar-refractivity contribution < 1.29 is 13.2 Å². The number of hydrogen-bond donors (Lipinski definition) is 2. The van der Waals surface area contributed by atoms with E-state index in [1.807, 2.05) is 0 Å². The van der Waals surface area contributed by atoms with Crippen molar-refractivity contribution in [2.45, 2.75) is 38.3 Å². The summed E-state index contributed by atoms with van der Waals surface area (Å²) in [5.41, 5.74) is 4.88. The first-order valence-corrected chi connectivity index (χ1v) is 6.82. The molecule has 5 nitrogen and oxygen atoms in total. The van der Waals surface area contributed by atoms with Crippen LogP contribution in [0.4, 0.5) is 0 Å². The number of carbonyl (C=O) groups excluding carboxylic acids is 1. The second-order valence-electron chi connectivity index (χ2n) is 4.63. The molecule has 1 heterocycles. The van der Waals surface area contributed by atoms with Gasteiger partial charge in [-0.15, -0.1) is 0 Å². The van der Waals surface area contributed by atoms with Crippen molar-refractivity contribution in [3.05, 3.63) is 0 Å². The Morgan fingerprint density at radius 1 is 1.60 bits per heavy atom. The van der Waals surface area contributed by atoms with E-state index in [0.29, 0.717) is 6.42 Å². The molecule has 0 aromatic heterocycles. The van der Waals surface area contributed by atoms with Crippen LogP contribution in [-0.2, 0) is 14.6 Å². The molecule has 1 aliphatic rings. The Labute approximate surface area is 90.3 Å². The van der Waals surface area contributed by atoms with Crippen molar-refractivity contribution in [2.24, 2.45) is 5.73 Å². The van der Waals surface area contributed by atoms with Gasteiger partial charge in [0.1, 0.15) is 0 Å². The molecule has 2 unspecified atom stereocenters.